The van der Waals surface area contributed by atoms with Crippen molar-refractivity contribution in [2.45, 2.75) is 20.0 Å². The second kappa shape index (κ2) is 5.95. The number of nitrogens with one attached hydrogen (secondary N) is 1. The highest BCUT2D eigenvalue weighted by molar-refractivity contribution is 5.98. The van der Waals surface area contributed by atoms with E-state index in [9.17, 15) is 13.2 Å². The Kier molecular flexibility index (Phi) is 4.06. The van der Waals surface area contributed by atoms with E-state index < -0.39 is 11.7 Å². The van der Waals surface area contributed by atoms with E-state index >= 15 is 0 Å². The lowest BCUT2D eigenvalue weighted by Gasteiger charge is -2.15. The number of aryl methyl sites for hydroxylation is 2. The van der Waals surface area contributed by atoms with E-state index in [4.69, 9.17) is 0 Å². The van der Waals surface area contributed by atoms with Crippen LogP contribution in [0.4, 0.5) is 24.7 Å². The molecule has 25 heavy (non-hydrogen) atoms. The average Bonchev–Trinajstić information content (AvgIpc) is 2.91. The molecule has 3 nitrogen and oxygen atoms in total. The molecule has 1 aromatic carbocycles. The molecule has 0 spiro atoms. The van der Waals surface area contributed by atoms with Gasteiger partial charge in [0.05, 0.1) is 11.1 Å². The van der Waals surface area contributed by atoms with Gasteiger partial charge >= 0.3 is 6.18 Å². The number of hydrogen-bond acceptors (Lipinski definition) is 2. The van der Waals surface area contributed by atoms with E-state index in [1.165, 1.54) is 6.07 Å². The molecule has 0 unspecified atom stereocenters. The maximum absolute atomic E-state index is 13.0. The number of rotatable bonds is 3. The van der Waals surface area contributed by atoms with Crippen LogP contribution in [0.15, 0.2) is 43.2 Å². The van der Waals surface area contributed by atoms with Gasteiger partial charge in [0.1, 0.15) is 5.82 Å². The van der Waals surface area contributed by atoms with Gasteiger partial charge in [0.25, 0.3) is 0 Å². The predicted octanol–water partition coefficient (Wildman–Crippen LogP) is 5.68. The van der Waals surface area contributed by atoms with Gasteiger partial charge in [-0.05, 0) is 43.2 Å². The molecule has 0 radical (unpaired) electrons. The number of halogens is 3. The third-order valence-corrected chi connectivity index (χ3v) is 4.18. The summed E-state index contributed by atoms with van der Waals surface area (Å²) in [6.45, 7) is 7.62. The lowest BCUT2D eigenvalue weighted by molar-refractivity contribution is -0.137. The van der Waals surface area contributed by atoms with Crippen molar-refractivity contribution in [3.05, 3.63) is 59.9 Å². The van der Waals surface area contributed by atoms with Gasteiger partial charge in [-0.1, -0.05) is 12.6 Å². The van der Waals surface area contributed by atoms with Crippen molar-refractivity contribution in [3.63, 3.8) is 0 Å². The Morgan fingerprint density at radius 2 is 1.96 bits per heavy atom. The van der Waals surface area contributed by atoms with Crippen LogP contribution in [0, 0.1) is 6.92 Å². The number of alkyl halides is 3. The Morgan fingerprint density at radius 3 is 2.60 bits per heavy atom. The number of anilines is 2. The molecule has 0 aliphatic heterocycles. The molecule has 6 heteroatoms. The molecule has 0 saturated heterocycles. The summed E-state index contributed by atoms with van der Waals surface area (Å²) in [5, 5.41) is 3.89. The third kappa shape index (κ3) is 3.12. The van der Waals surface area contributed by atoms with Crippen molar-refractivity contribution in [1.29, 1.82) is 0 Å². The summed E-state index contributed by atoms with van der Waals surface area (Å²) in [5.41, 5.74) is 3.13. The van der Waals surface area contributed by atoms with E-state index in [1.807, 2.05) is 30.8 Å². The molecule has 0 aliphatic rings. The van der Waals surface area contributed by atoms with E-state index in [2.05, 4.69) is 16.9 Å². The molecule has 0 fully saturated rings. The van der Waals surface area contributed by atoms with Crippen molar-refractivity contribution in [3.8, 4) is 0 Å². The summed E-state index contributed by atoms with van der Waals surface area (Å²) in [5.74, 6) is 0.517. The van der Waals surface area contributed by atoms with Gasteiger partial charge < -0.3 is 9.88 Å². The van der Waals surface area contributed by atoms with Crippen molar-refractivity contribution in [2.24, 2.45) is 7.05 Å². The molecule has 2 heterocycles. The fourth-order valence-corrected chi connectivity index (χ4v) is 2.79. The van der Waals surface area contributed by atoms with Crippen LogP contribution in [0.2, 0.25) is 0 Å². The lowest BCUT2D eigenvalue weighted by Crippen LogP contribution is -2.06. The van der Waals surface area contributed by atoms with Gasteiger partial charge in [-0.2, -0.15) is 13.2 Å². The van der Waals surface area contributed by atoms with Crippen LogP contribution in [0.5, 0.6) is 0 Å². The van der Waals surface area contributed by atoms with Crippen LogP contribution >= 0.6 is 0 Å². The van der Waals surface area contributed by atoms with Crippen LogP contribution in [-0.2, 0) is 13.2 Å². The number of pyridine rings is 1. The third-order valence-electron chi connectivity index (χ3n) is 4.18. The van der Waals surface area contributed by atoms with Crippen LogP contribution < -0.4 is 5.32 Å². The molecule has 2 aromatic heterocycles. The molecule has 0 aliphatic carbocycles. The summed E-state index contributed by atoms with van der Waals surface area (Å²) >= 11 is 0. The van der Waals surface area contributed by atoms with Crippen molar-refractivity contribution >= 4 is 28.0 Å². The van der Waals surface area contributed by atoms with E-state index in [1.54, 1.807) is 13.1 Å². The first-order chi connectivity index (χ1) is 11.7. The smallest absolute Gasteiger partial charge is 0.350 e. The first-order valence-corrected chi connectivity index (χ1v) is 7.73. The first kappa shape index (κ1) is 17.1. The Morgan fingerprint density at radius 1 is 1.24 bits per heavy atom. The lowest BCUT2D eigenvalue weighted by atomic mass is 10.1. The summed E-state index contributed by atoms with van der Waals surface area (Å²) in [6.07, 6.45) is -0.803. The summed E-state index contributed by atoms with van der Waals surface area (Å²) in [7, 11) is 1.91. The van der Waals surface area contributed by atoms with Gasteiger partial charge in [-0.3, -0.25) is 0 Å². The average molecular weight is 345 g/mol. The molecule has 130 valence electrons. The van der Waals surface area contributed by atoms with E-state index in [0.717, 1.165) is 34.2 Å². The fourth-order valence-electron chi connectivity index (χ4n) is 2.79. The van der Waals surface area contributed by atoms with Gasteiger partial charge in [0, 0.05) is 36.1 Å². The molecule has 0 atom stereocenters. The Balaban J connectivity index is 2.11. The summed E-state index contributed by atoms with van der Waals surface area (Å²) in [6, 6.07) is 5.53. The molecule has 3 aromatic rings. The predicted molar refractivity (Wildman–Crippen MR) is 94.9 cm³/mol. The van der Waals surface area contributed by atoms with Gasteiger partial charge in [-0.25, -0.2) is 4.98 Å². The number of fused-ring (bicyclic) bond motifs is 1. The number of benzene rings is 1. The highest BCUT2D eigenvalue weighted by Crippen LogP contribution is 2.35. The molecular weight excluding hydrogens is 327 g/mol. The monoisotopic (exact) mass is 345 g/mol. The van der Waals surface area contributed by atoms with E-state index in [-0.39, 0.29) is 0 Å². The SMILES string of the molecule is C=C(C)c1cnc(Nc2cc(C(F)(F)F)ccc2C)c2ccn(C)c12. The molecular formula is C19H18F3N3. The zero-order valence-corrected chi connectivity index (χ0v) is 14.2. The normalized spacial score (nSPS) is 11.8. The highest BCUT2D eigenvalue weighted by atomic mass is 19.4. The quantitative estimate of drug-likeness (QED) is 0.662. The van der Waals surface area contributed by atoms with Crippen molar-refractivity contribution in [1.82, 2.24) is 9.55 Å². The molecule has 0 amide bonds. The van der Waals surface area contributed by atoms with Gasteiger partial charge in [0.2, 0.25) is 0 Å². The molecule has 0 bridgehead atoms. The Hall–Kier alpha value is -2.76. The second-order valence-electron chi connectivity index (χ2n) is 6.14. The van der Waals surface area contributed by atoms with Crippen LogP contribution in [0.3, 0.4) is 0 Å². The van der Waals surface area contributed by atoms with Crippen molar-refractivity contribution in [2.75, 3.05) is 5.32 Å². The zero-order chi connectivity index (χ0) is 18.4. The summed E-state index contributed by atoms with van der Waals surface area (Å²) < 4.78 is 40.9. The first-order valence-electron chi connectivity index (χ1n) is 7.73. The topological polar surface area (TPSA) is 29.9 Å². The number of nitrogens with zero attached hydrogens (tertiary/aromatic N) is 2. The number of allylic oxidation sites excluding steroid dienone is 1. The van der Waals surface area contributed by atoms with Gasteiger partial charge in [0.15, 0.2) is 0 Å². The maximum Gasteiger partial charge on any atom is 0.416 e. The largest absolute Gasteiger partial charge is 0.416 e. The van der Waals surface area contributed by atoms with Crippen LogP contribution in [0.1, 0.15) is 23.6 Å². The molecule has 1 N–H and O–H groups in total. The number of aromatic nitrogens is 2. The van der Waals surface area contributed by atoms with E-state index in [0.29, 0.717) is 17.1 Å². The minimum Gasteiger partial charge on any atom is -0.350 e. The minimum absolute atomic E-state index is 0.385. The minimum atomic E-state index is -4.39. The number of hydrogen-bond donors (Lipinski definition) is 1. The van der Waals surface area contributed by atoms with Crippen molar-refractivity contribution < 1.29 is 13.2 Å². The second-order valence-corrected chi connectivity index (χ2v) is 6.14. The highest BCUT2D eigenvalue weighted by Gasteiger charge is 2.30. The van der Waals surface area contributed by atoms with Crippen LogP contribution in [0.25, 0.3) is 16.5 Å². The Bertz CT molecular complexity index is 968. The standard InChI is InChI=1S/C19H18F3N3/c1-11(2)15-10-23-18(14-7-8-25(4)17(14)15)24-16-9-13(19(20,21)22)6-5-12(16)3/h5-10H,1H2,2-4H3,(H,23,24). The Labute approximate surface area is 143 Å². The van der Waals surface area contributed by atoms with Gasteiger partial charge in [-0.15, -0.1) is 0 Å². The summed E-state index contributed by atoms with van der Waals surface area (Å²) in [4.78, 5) is 4.40. The van der Waals surface area contributed by atoms with Crippen LogP contribution in [-0.4, -0.2) is 9.55 Å². The zero-order valence-electron chi connectivity index (χ0n) is 14.2. The fraction of sp³-hybridized carbons (Fsp3) is 0.211. The maximum atomic E-state index is 13.0. The molecule has 0 saturated carbocycles. The molecule has 3 rings (SSSR count).